The first-order valence-electron chi connectivity index (χ1n) is 7.20. The fourth-order valence-electron chi connectivity index (χ4n) is 2.10. The van der Waals surface area contributed by atoms with E-state index in [0.717, 1.165) is 25.1 Å². The lowest BCUT2D eigenvalue weighted by Crippen LogP contribution is -2.34. The molecule has 0 aliphatic carbocycles. The fourth-order valence-corrected chi connectivity index (χ4v) is 3.61. The number of nitrogens with one attached hydrogen (secondary N) is 1. The van der Waals surface area contributed by atoms with Crippen LogP contribution in [0.2, 0.25) is 0 Å². The Bertz CT molecular complexity index is 499. The summed E-state index contributed by atoms with van der Waals surface area (Å²) in [6, 6.07) is 1.78. The minimum absolute atomic E-state index is 0.00211. The van der Waals surface area contributed by atoms with Crippen molar-refractivity contribution in [2.24, 2.45) is 0 Å². The second-order valence-corrected chi connectivity index (χ2v) is 7.17. The van der Waals surface area contributed by atoms with E-state index in [2.05, 4.69) is 12.2 Å². The van der Waals surface area contributed by atoms with Crippen molar-refractivity contribution in [2.75, 3.05) is 14.1 Å². The molecule has 1 unspecified atom stereocenters. The third-order valence-corrected chi connectivity index (χ3v) is 5.61. The molecule has 1 atom stereocenters. The van der Waals surface area contributed by atoms with E-state index in [9.17, 15) is 8.42 Å². The number of nitrogens with zero attached hydrogens (tertiary/aromatic N) is 2. The Kier molecular flexibility index (Phi) is 6.23. The van der Waals surface area contributed by atoms with Gasteiger partial charge in [-0.25, -0.2) is 8.42 Å². The maximum atomic E-state index is 12.6. The van der Waals surface area contributed by atoms with Gasteiger partial charge < -0.3 is 9.88 Å². The SMILES string of the molecule is CCCn1cc(S(=O)(=O)N(C)C(C)CC)cc1CNC. The Balaban J connectivity index is 3.15. The Labute approximate surface area is 123 Å². The van der Waals surface area contributed by atoms with Crippen LogP contribution in [0.5, 0.6) is 0 Å². The third kappa shape index (κ3) is 3.62. The summed E-state index contributed by atoms with van der Waals surface area (Å²) in [4.78, 5) is 0.388. The van der Waals surface area contributed by atoms with Gasteiger partial charge in [0.2, 0.25) is 10.0 Å². The highest BCUT2D eigenvalue weighted by atomic mass is 32.2. The van der Waals surface area contributed by atoms with Gasteiger partial charge in [0, 0.05) is 38.1 Å². The first-order valence-corrected chi connectivity index (χ1v) is 8.64. The van der Waals surface area contributed by atoms with Crippen molar-refractivity contribution in [1.29, 1.82) is 0 Å². The molecule has 0 saturated carbocycles. The number of aromatic nitrogens is 1. The van der Waals surface area contributed by atoms with Gasteiger partial charge in [0.15, 0.2) is 0 Å². The lowest BCUT2D eigenvalue weighted by atomic mass is 10.3. The molecule has 1 rings (SSSR count). The molecule has 0 saturated heterocycles. The Morgan fingerprint density at radius 1 is 1.40 bits per heavy atom. The molecule has 1 aromatic rings. The van der Waals surface area contributed by atoms with Crippen molar-refractivity contribution in [3.8, 4) is 0 Å². The highest BCUT2D eigenvalue weighted by Crippen LogP contribution is 2.21. The molecule has 1 heterocycles. The Hall–Kier alpha value is -0.850. The van der Waals surface area contributed by atoms with E-state index < -0.39 is 10.0 Å². The van der Waals surface area contributed by atoms with Crippen LogP contribution in [0.1, 0.15) is 39.3 Å². The van der Waals surface area contributed by atoms with Crippen LogP contribution < -0.4 is 5.32 Å². The van der Waals surface area contributed by atoms with Gasteiger partial charge in [-0.1, -0.05) is 13.8 Å². The molecule has 0 aliphatic rings. The second-order valence-electron chi connectivity index (χ2n) is 5.17. The van der Waals surface area contributed by atoms with Crippen LogP contribution in [0.25, 0.3) is 0 Å². The molecular formula is C14H27N3O2S. The van der Waals surface area contributed by atoms with Crippen LogP contribution in [0, 0.1) is 0 Å². The molecule has 0 spiro atoms. The molecule has 0 fully saturated rings. The summed E-state index contributed by atoms with van der Waals surface area (Å²) in [5.41, 5.74) is 1.01. The lowest BCUT2D eigenvalue weighted by Gasteiger charge is -2.22. The second kappa shape index (κ2) is 7.24. The zero-order valence-electron chi connectivity index (χ0n) is 13.2. The Morgan fingerprint density at radius 2 is 2.05 bits per heavy atom. The monoisotopic (exact) mass is 301 g/mol. The Morgan fingerprint density at radius 3 is 2.55 bits per heavy atom. The van der Waals surface area contributed by atoms with E-state index in [1.165, 1.54) is 4.31 Å². The molecule has 0 amide bonds. The number of sulfonamides is 1. The van der Waals surface area contributed by atoms with Crippen LogP contribution in [0.15, 0.2) is 17.2 Å². The number of hydrogen-bond acceptors (Lipinski definition) is 3. The summed E-state index contributed by atoms with van der Waals surface area (Å²) in [7, 11) is 0.111. The molecule has 0 aromatic carbocycles. The van der Waals surface area contributed by atoms with E-state index in [0.29, 0.717) is 11.4 Å². The zero-order chi connectivity index (χ0) is 15.3. The van der Waals surface area contributed by atoms with Crippen molar-refractivity contribution in [1.82, 2.24) is 14.2 Å². The van der Waals surface area contributed by atoms with E-state index >= 15 is 0 Å². The van der Waals surface area contributed by atoms with Gasteiger partial charge in [0.05, 0.1) is 0 Å². The summed E-state index contributed by atoms with van der Waals surface area (Å²) in [5, 5.41) is 3.08. The maximum Gasteiger partial charge on any atom is 0.244 e. The van der Waals surface area contributed by atoms with Gasteiger partial charge in [-0.15, -0.1) is 0 Å². The average Bonchev–Trinajstić information content (AvgIpc) is 2.82. The highest BCUT2D eigenvalue weighted by molar-refractivity contribution is 7.89. The number of rotatable bonds is 8. The van der Waals surface area contributed by atoms with Crippen LogP contribution in [0.4, 0.5) is 0 Å². The summed E-state index contributed by atoms with van der Waals surface area (Å²) in [6.07, 6.45) is 3.53. The van der Waals surface area contributed by atoms with E-state index in [4.69, 9.17) is 0 Å². The largest absolute Gasteiger partial charge is 0.349 e. The van der Waals surface area contributed by atoms with Gasteiger partial charge >= 0.3 is 0 Å². The third-order valence-electron chi connectivity index (χ3n) is 3.67. The van der Waals surface area contributed by atoms with Crippen molar-refractivity contribution in [3.05, 3.63) is 18.0 Å². The van der Waals surface area contributed by atoms with Gasteiger partial charge in [-0.2, -0.15) is 4.31 Å². The maximum absolute atomic E-state index is 12.6. The first-order chi connectivity index (χ1) is 9.38. The number of hydrogen-bond donors (Lipinski definition) is 1. The standard InChI is InChI=1S/C14H27N3O2S/c1-6-8-17-11-14(9-13(17)10-15-4)20(18,19)16(5)12(3)7-2/h9,11-12,15H,6-8,10H2,1-5H3. The van der Waals surface area contributed by atoms with Crippen LogP contribution >= 0.6 is 0 Å². The molecule has 0 bridgehead atoms. The highest BCUT2D eigenvalue weighted by Gasteiger charge is 2.26. The molecule has 0 aliphatic heterocycles. The topological polar surface area (TPSA) is 54.3 Å². The molecule has 116 valence electrons. The van der Waals surface area contributed by atoms with Gasteiger partial charge in [0.25, 0.3) is 0 Å². The van der Waals surface area contributed by atoms with Gasteiger partial charge in [0.1, 0.15) is 4.90 Å². The van der Waals surface area contributed by atoms with Crippen LogP contribution in [-0.4, -0.2) is 37.4 Å². The van der Waals surface area contributed by atoms with Crippen LogP contribution in [-0.2, 0) is 23.1 Å². The minimum atomic E-state index is -3.40. The predicted molar refractivity (Wildman–Crippen MR) is 82.2 cm³/mol. The van der Waals surface area contributed by atoms with Crippen molar-refractivity contribution in [2.45, 2.75) is 57.6 Å². The summed E-state index contributed by atoms with van der Waals surface area (Å²) in [6.45, 7) is 7.51. The molecule has 1 aromatic heterocycles. The quantitative estimate of drug-likeness (QED) is 0.799. The number of aryl methyl sites for hydroxylation is 1. The molecule has 1 N–H and O–H groups in total. The van der Waals surface area contributed by atoms with E-state index in [1.54, 1.807) is 19.3 Å². The summed E-state index contributed by atoms with van der Waals surface area (Å²) in [5.74, 6) is 0. The molecular weight excluding hydrogens is 274 g/mol. The van der Waals surface area contributed by atoms with Gasteiger partial charge in [-0.05, 0) is 32.9 Å². The first kappa shape index (κ1) is 17.2. The zero-order valence-corrected chi connectivity index (χ0v) is 14.0. The average molecular weight is 301 g/mol. The normalized spacial score (nSPS) is 13.9. The summed E-state index contributed by atoms with van der Waals surface area (Å²) < 4.78 is 28.7. The molecule has 20 heavy (non-hydrogen) atoms. The summed E-state index contributed by atoms with van der Waals surface area (Å²) >= 11 is 0. The van der Waals surface area contributed by atoms with Crippen molar-refractivity contribution >= 4 is 10.0 Å². The predicted octanol–water partition coefficient (Wildman–Crippen LogP) is 2.04. The minimum Gasteiger partial charge on any atom is -0.349 e. The van der Waals surface area contributed by atoms with Crippen molar-refractivity contribution in [3.63, 3.8) is 0 Å². The lowest BCUT2D eigenvalue weighted by molar-refractivity contribution is 0.380. The molecule has 5 nitrogen and oxygen atoms in total. The van der Waals surface area contributed by atoms with Crippen LogP contribution in [0.3, 0.4) is 0 Å². The molecule has 6 heteroatoms. The van der Waals surface area contributed by atoms with Gasteiger partial charge in [-0.3, -0.25) is 0 Å². The molecule has 0 radical (unpaired) electrons. The smallest absolute Gasteiger partial charge is 0.244 e. The van der Waals surface area contributed by atoms with Crippen molar-refractivity contribution < 1.29 is 8.42 Å². The van der Waals surface area contributed by atoms with E-state index in [1.807, 2.05) is 25.5 Å². The van der Waals surface area contributed by atoms with E-state index in [-0.39, 0.29) is 6.04 Å². The fraction of sp³-hybridized carbons (Fsp3) is 0.714.